The molecule has 2 aromatic carbocycles. The van der Waals surface area contributed by atoms with E-state index in [-0.39, 0.29) is 41.4 Å². The van der Waals surface area contributed by atoms with E-state index in [2.05, 4.69) is 17.8 Å². The highest BCUT2D eigenvalue weighted by Gasteiger charge is 2.40. The van der Waals surface area contributed by atoms with Crippen molar-refractivity contribution in [2.75, 3.05) is 12.4 Å². The molecule has 0 aliphatic carbocycles. The van der Waals surface area contributed by atoms with Gasteiger partial charge in [-0.1, -0.05) is 48.4 Å². The van der Waals surface area contributed by atoms with E-state index in [0.717, 1.165) is 5.56 Å². The summed E-state index contributed by atoms with van der Waals surface area (Å²) in [4.78, 5) is 42.7. The molecular weight excluding hydrogens is 490 g/mol. The number of thioether (sulfide) groups is 1. The Hall–Kier alpha value is -3.74. The van der Waals surface area contributed by atoms with Crippen molar-refractivity contribution in [3.63, 3.8) is 0 Å². The summed E-state index contributed by atoms with van der Waals surface area (Å²) in [5.41, 5.74) is 1.40. The Morgan fingerprint density at radius 2 is 1.97 bits per heavy atom. The lowest BCUT2D eigenvalue weighted by Crippen LogP contribution is -2.56. The van der Waals surface area contributed by atoms with Gasteiger partial charge in [0, 0.05) is 11.1 Å². The summed E-state index contributed by atoms with van der Waals surface area (Å²) in [5.74, 6) is 0.910. The van der Waals surface area contributed by atoms with Crippen LogP contribution in [-0.4, -0.2) is 73.7 Å². The van der Waals surface area contributed by atoms with Crippen LogP contribution in [0.1, 0.15) is 28.4 Å². The van der Waals surface area contributed by atoms with Crippen molar-refractivity contribution in [3.8, 4) is 18.1 Å². The summed E-state index contributed by atoms with van der Waals surface area (Å²) >= 11 is 1.33. The van der Waals surface area contributed by atoms with Crippen LogP contribution in [0.15, 0.2) is 61.2 Å². The summed E-state index contributed by atoms with van der Waals surface area (Å²) in [6, 6.07) is 11.7. The zero-order chi connectivity index (χ0) is 27.1. The number of nitrogens with zero attached hydrogens (tertiary/aromatic N) is 2. The number of hydrogen-bond donors (Lipinski definition) is 3. The lowest BCUT2D eigenvalue weighted by molar-refractivity contribution is -0.148. The van der Waals surface area contributed by atoms with E-state index >= 15 is 0 Å². The molecule has 0 saturated carbocycles. The van der Waals surface area contributed by atoms with Crippen molar-refractivity contribution in [1.29, 1.82) is 0 Å². The highest BCUT2D eigenvalue weighted by molar-refractivity contribution is 7.99. The quantitative estimate of drug-likeness (QED) is 0.363. The molecule has 0 bridgehead atoms. The first-order valence-corrected chi connectivity index (χ1v) is 12.8. The fourth-order valence-electron chi connectivity index (χ4n) is 4.14. The molecule has 9 heteroatoms. The van der Waals surface area contributed by atoms with E-state index in [0.29, 0.717) is 5.56 Å². The number of aromatic hydroxyl groups is 1. The Morgan fingerprint density at radius 3 is 2.62 bits per heavy atom. The first-order valence-electron chi connectivity index (χ1n) is 11.8. The normalized spacial score (nSPS) is 19.4. The minimum Gasteiger partial charge on any atom is -0.508 e. The number of nitrogens with one attached hydrogen (secondary N) is 1. The van der Waals surface area contributed by atoms with Crippen molar-refractivity contribution >= 4 is 29.5 Å². The van der Waals surface area contributed by atoms with Crippen molar-refractivity contribution in [2.45, 2.75) is 43.8 Å². The molecule has 1 fully saturated rings. The summed E-state index contributed by atoms with van der Waals surface area (Å²) < 4.78 is 0. The number of terminal acetylenes is 1. The summed E-state index contributed by atoms with van der Waals surface area (Å²) in [6.45, 7) is 7.24. The van der Waals surface area contributed by atoms with Crippen LogP contribution in [0.25, 0.3) is 0 Å². The van der Waals surface area contributed by atoms with E-state index in [1.54, 1.807) is 19.1 Å². The van der Waals surface area contributed by atoms with Gasteiger partial charge in [0.25, 0.3) is 17.7 Å². The lowest BCUT2D eigenvalue weighted by atomic mass is 9.98. The number of hydrogen-bond acceptors (Lipinski definition) is 6. The number of amides is 3. The number of phenolic OH excluding ortho intramolecular Hbond substituents is 1. The second-order valence-corrected chi connectivity index (χ2v) is 9.99. The highest BCUT2D eigenvalue weighted by Crippen LogP contribution is 2.26. The Morgan fingerprint density at radius 1 is 1.27 bits per heavy atom. The van der Waals surface area contributed by atoms with E-state index in [1.165, 1.54) is 33.7 Å². The Balaban J connectivity index is 1.91. The molecular formula is C28H31N3O5S. The van der Waals surface area contributed by atoms with Gasteiger partial charge in [0.05, 0.1) is 23.8 Å². The third kappa shape index (κ3) is 6.34. The molecule has 3 amide bonds. The van der Waals surface area contributed by atoms with Crippen LogP contribution < -0.4 is 5.32 Å². The summed E-state index contributed by atoms with van der Waals surface area (Å²) in [7, 11) is 0. The molecule has 2 aromatic rings. The first-order chi connectivity index (χ1) is 17.7. The zero-order valence-electron chi connectivity index (χ0n) is 20.8. The van der Waals surface area contributed by atoms with Gasteiger partial charge >= 0.3 is 0 Å². The molecule has 8 nitrogen and oxygen atoms in total. The predicted molar refractivity (Wildman–Crippen MR) is 144 cm³/mol. The zero-order valence-corrected chi connectivity index (χ0v) is 21.6. The van der Waals surface area contributed by atoms with E-state index in [9.17, 15) is 24.6 Å². The van der Waals surface area contributed by atoms with Crippen molar-refractivity contribution in [2.24, 2.45) is 0 Å². The average Bonchev–Trinajstić information content (AvgIpc) is 3.01. The molecule has 1 unspecified atom stereocenters. The SMILES string of the molecule is C#CCN1C(=O)[C@H](C=C)N(C(=O)[C@@H](O)[C@H](Cc2ccccc2)NC(=O)c2cccc(O)c2C)CSC1C. The van der Waals surface area contributed by atoms with Crippen LogP contribution in [0.5, 0.6) is 5.75 Å². The largest absolute Gasteiger partial charge is 0.508 e. The number of rotatable bonds is 8. The maximum atomic E-state index is 13.6. The van der Waals surface area contributed by atoms with E-state index in [1.807, 2.05) is 37.3 Å². The molecule has 1 aliphatic heterocycles. The summed E-state index contributed by atoms with van der Waals surface area (Å²) in [5, 5.41) is 23.8. The topological polar surface area (TPSA) is 110 Å². The molecule has 37 heavy (non-hydrogen) atoms. The standard InChI is InChI=1S/C28H31N3O5S/c1-5-15-30-19(4)37-17-31(23(6-2)27(30)35)28(36)25(33)22(16-20-11-8-7-9-12-20)29-26(34)21-13-10-14-24(32)18(21)3/h1,6-14,19,22-23,25,32-33H,2,15-17H2,3-4H3,(H,29,34)/t19?,22-,23-,25-/m0/s1. The van der Waals surface area contributed by atoms with Crippen LogP contribution in [0, 0.1) is 19.3 Å². The maximum absolute atomic E-state index is 13.6. The smallest absolute Gasteiger partial charge is 0.255 e. The second kappa shape index (κ2) is 12.5. The van der Waals surface area contributed by atoms with Gasteiger partial charge in [0.1, 0.15) is 11.8 Å². The third-order valence-electron chi connectivity index (χ3n) is 6.33. The molecule has 1 heterocycles. The number of carbonyl (C=O) groups is 3. The Kier molecular flexibility index (Phi) is 9.39. The molecule has 0 spiro atoms. The van der Waals surface area contributed by atoms with E-state index < -0.39 is 30.0 Å². The number of phenols is 1. The van der Waals surface area contributed by atoms with Crippen LogP contribution in [0.4, 0.5) is 0 Å². The molecule has 3 N–H and O–H groups in total. The van der Waals surface area contributed by atoms with Gasteiger partial charge < -0.3 is 25.3 Å². The van der Waals surface area contributed by atoms with Crippen molar-refractivity contribution in [3.05, 3.63) is 77.9 Å². The van der Waals surface area contributed by atoms with Gasteiger partial charge in [-0.25, -0.2) is 0 Å². The molecule has 0 radical (unpaired) electrons. The minimum absolute atomic E-state index is 0.0385. The maximum Gasteiger partial charge on any atom is 0.255 e. The van der Waals surface area contributed by atoms with Crippen LogP contribution in [0.2, 0.25) is 0 Å². The molecule has 194 valence electrons. The fraction of sp³-hybridized carbons (Fsp3) is 0.321. The van der Waals surface area contributed by atoms with E-state index in [4.69, 9.17) is 6.42 Å². The van der Waals surface area contributed by atoms with Gasteiger partial charge in [-0.2, -0.15) is 0 Å². The number of carbonyl (C=O) groups excluding carboxylic acids is 3. The minimum atomic E-state index is -1.66. The molecule has 0 aromatic heterocycles. The van der Waals surface area contributed by atoms with Gasteiger partial charge in [0.15, 0.2) is 6.10 Å². The van der Waals surface area contributed by atoms with Gasteiger partial charge in [-0.15, -0.1) is 24.8 Å². The monoisotopic (exact) mass is 521 g/mol. The molecule has 4 atom stereocenters. The number of benzene rings is 2. The number of aliphatic hydroxyl groups excluding tert-OH is 1. The number of aliphatic hydroxyl groups is 1. The van der Waals surface area contributed by atoms with Crippen LogP contribution in [-0.2, 0) is 16.0 Å². The molecule has 1 saturated heterocycles. The summed E-state index contributed by atoms with van der Waals surface area (Å²) in [6.07, 6.45) is 5.29. The molecule has 3 rings (SSSR count). The van der Waals surface area contributed by atoms with Crippen LogP contribution in [0.3, 0.4) is 0 Å². The molecule has 1 aliphatic rings. The lowest BCUT2D eigenvalue weighted by Gasteiger charge is -2.32. The first kappa shape index (κ1) is 27.8. The predicted octanol–water partition coefficient (Wildman–Crippen LogP) is 2.30. The third-order valence-corrected chi connectivity index (χ3v) is 7.50. The van der Waals surface area contributed by atoms with Gasteiger partial charge in [0.2, 0.25) is 0 Å². The second-order valence-electron chi connectivity index (χ2n) is 8.72. The van der Waals surface area contributed by atoms with Gasteiger partial charge in [-0.05, 0) is 38.0 Å². The van der Waals surface area contributed by atoms with Crippen molar-refractivity contribution in [1.82, 2.24) is 15.1 Å². The van der Waals surface area contributed by atoms with Crippen LogP contribution >= 0.6 is 11.8 Å². The van der Waals surface area contributed by atoms with Crippen molar-refractivity contribution < 1.29 is 24.6 Å². The Labute approximate surface area is 221 Å². The fourth-order valence-corrected chi connectivity index (χ4v) is 5.16. The highest BCUT2D eigenvalue weighted by atomic mass is 32.2. The van der Waals surface area contributed by atoms with Gasteiger partial charge in [-0.3, -0.25) is 14.4 Å². The average molecular weight is 522 g/mol. The Bertz CT molecular complexity index is 1200.